The maximum absolute atomic E-state index is 13.1. The standard InChI is InChI=1S/C19H18F2N4OS/c20-15-3-1-14(2-4-15)18-22-25(19(27)26-18)13-23-9-11-24(12-10-23)17-7-5-16(21)6-8-17/h1-8H,9-13H2/p+1. The molecule has 1 aromatic heterocycles. The molecule has 0 amide bonds. The number of quaternary nitrogens is 1. The third-order valence-corrected chi connectivity index (χ3v) is 5.03. The molecule has 4 rings (SSSR count). The molecule has 1 aliphatic heterocycles. The summed E-state index contributed by atoms with van der Waals surface area (Å²) in [6, 6.07) is 12.6. The van der Waals surface area contributed by atoms with Crippen LogP contribution in [0.4, 0.5) is 14.5 Å². The van der Waals surface area contributed by atoms with E-state index in [0.717, 1.165) is 31.9 Å². The predicted octanol–water partition coefficient (Wildman–Crippen LogP) is 2.51. The Kier molecular flexibility index (Phi) is 5.00. The SMILES string of the molecule is Fc1ccc(-c2nn(C[NH+]3CCN(c4ccc(F)cc4)CC3)c(=S)o2)cc1. The van der Waals surface area contributed by atoms with Crippen molar-refractivity contribution in [3.05, 3.63) is 65.0 Å². The van der Waals surface area contributed by atoms with E-state index in [0.29, 0.717) is 23.0 Å². The van der Waals surface area contributed by atoms with Gasteiger partial charge in [-0.05, 0) is 60.7 Å². The van der Waals surface area contributed by atoms with Gasteiger partial charge in [0.1, 0.15) is 11.6 Å². The number of hydrogen-bond donors (Lipinski definition) is 1. The zero-order chi connectivity index (χ0) is 18.8. The fourth-order valence-corrected chi connectivity index (χ4v) is 3.40. The molecule has 0 radical (unpaired) electrons. The van der Waals surface area contributed by atoms with Gasteiger partial charge in [-0.15, -0.1) is 5.10 Å². The van der Waals surface area contributed by atoms with Crippen LogP contribution in [0.5, 0.6) is 0 Å². The average Bonchev–Trinajstić information content (AvgIpc) is 3.04. The summed E-state index contributed by atoms with van der Waals surface area (Å²) in [5, 5.41) is 4.44. The van der Waals surface area contributed by atoms with Gasteiger partial charge in [0, 0.05) is 11.3 Å². The summed E-state index contributed by atoms with van der Waals surface area (Å²) in [5.41, 5.74) is 1.73. The molecular weight excluding hydrogens is 370 g/mol. The quantitative estimate of drug-likeness (QED) is 0.696. The van der Waals surface area contributed by atoms with Gasteiger partial charge in [-0.3, -0.25) is 0 Å². The first-order chi connectivity index (χ1) is 13.1. The van der Waals surface area contributed by atoms with Gasteiger partial charge >= 0.3 is 0 Å². The van der Waals surface area contributed by atoms with Crippen LogP contribution in [0, 0.1) is 16.5 Å². The van der Waals surface area contributed by atoms with E-state index in [-0.39, 0.29) is 11.6 Å². The van der Waals surface area contributed by atoms with E-state index < -0.39 is 0 Å². The van der Waals surface area contributed by atoms with E-state index >= 15 is 0 Å². The minimum absolute atomic E-state index is 0.222. The van der Waals surface area contributed by atoms with Crippen LogP contribution >= 0.6 is 12.2 Å². The summed E-state index contributed by atoms with van der Waals surface area (Å²) in [4.78, 5) is 3.89. The van der Waals surface area contributed by atoms with Gasteiger partial charge in [0.2, 0.25) is 5.89 Å². The second-order valence-electron chi connectivity index (χ2n) is 6.55. The van der Waals surface area contributed by atoms with E-state index in [9.17, 15) is 8.78 Å². The monoisotopic (exact) mass is 389 g/mol. The summed E-state index contributed by atoms with van der Waals surface area (Å²) in [6.07, 6.45) is 0. The van der Waals surface area contributed by atoms with Gasteiger partial charge in [-0.1, -0.05) is 0 Å². The van der Waals surface area contributed by atoms with Crippen LogP contribution in [0.15, 0.2) is 52.9 Å². The third-order valence-electron chi connectivity index (χ3n) is 4.73. The maximum Gasteiger partial charge on any atom is 0.292 e. The smallest absolute Gasteiger partial charge is 0.292 e. The van der Waals surface area contributed by atoms with Crippen molar-refractivity contribution in [3.63, 3.8) is 0 Å². The van der Waals surface area contributed by atoms with Crippen molar-refractivity contribution in [2.75, 3.05) is 31.1 Å². The van der Waals surface area contributed by atoms with E-state index in [1.165, 1.54) is 29.2 Å². The van der Waals surface area contributed by atoms with Gasteiger partial charge in [0.25, 0.3) is 4.84 Å². The third kappa shape index (κ3) is 4.06. The zero-order valence-corrected chi connectivity index (χ0v) is 15.4. The van der Waals surface area contributed by atoms with Gasteiger partial charge in [-0.25, -0.2) is 8.78 Å². The number of nitrogens with zero attached hydrogens (tertiary/aromatic N) is 3. The number of nitrogens with one attached hydrogen (secondary N) is 1. The first kappa shape index (κ1) is 17.8. The lowest BCUT2D eigenvalue weighted by Crippen LogP contribution is -3.14. The van der Waals surface area contributed by atoms with Gasteiger partial charge in [-0.2, -0.15) is 4.68 Å². The summed E-state index contributed by atoms with van der Waals surface area (Å²) >= 11 is 5.28. The molecule has 1 saturated heterocycles. The van der Waals surface area contributed by atoms with Gasteiger partial charge in [0.05, 0.1) is 26.2 Å². The van der Waals surface area contributed by atoms with Crippen LogP contribution < -0.4 is 9.80 Å². The molecule has 5 nitrogen and oxygen atoms in total. The molecule has 0 bridgehead atoms. The number of piperazine rings is 1. The number of aromatic nitrogens is 2. The highest BCUT2D eigenvalue weighted by molar-refractivity contribution is 7.71. The fraction of sp³-hybridized carbons (Fsp3) is 0.263. The molecule has 1 fully saturated rings. The second-order valence-corrected chi connectivity index (χ2v) is 6.90. The molecule has 0 unspecified atom stereocenters. The first-order valence-corrected chi connectivity index (χ1v) is 9.17. The van der Waals surface area contributed by atoms with Crippen molar-refractivity contribution in [2.24, 2.45) is 0 Å². The van der Waals surface area contributed by atoms with Gasteiger partial charge in [0.15, 0.2) is 6.67 Å². The highest BCUT2D eigenvalue weighted by atomic mass is 32.1. The summed E-state index contributed by atoms with van der Waals surface area (Å²) in [7, 11) is 0. The number of hydrogen-bond acceptors (Lipinski definition) is 4. The van der Waals surface area contributed by atoms with Crippen molar-refractivity contribution in [2.45, 2.75) is 6.67 Å². The van der Waals surface area contributed by atoms with Crippen LogP contribution in [0.25, 0.3) is 11.5 Å². The molecule has 1 N–H and O–H groups in total. The van der Waals surface area contributed by atoms with E-state index in [1.54, 1.807) is 16.8 Å². The van der Waals surface area contributed by atoms with Crippen molar-refractivity contribution in [1.82, 2.24) is 9.78 Å². The molecule has 8 heteroatoms. The number of benzene rings is 2. The molecule has 0 aliphatic carbocycles. The summed E-state index contributed by atoms with van der Waals surface area (Å²) in [5.74, 6) is -0.134. The Hall–Kier alpha value is -2.58. The summed E-state index contributed by atoms with van der Waals surface area (Å²) in [6.45, 7) is 4.19. The molecule has 2 aromatic carbocycles. The van der Waals surface area contributed by atoms with Crippen molar-refractivity contribution in [3.8, 4) is 11.5 Å². The van der Waals surface area contributed by atoms with Gasteiger partial charge < -0.3 is 14.2 Å². The molecule has 27 heavy (non-hydrogen) atoms. The molecule has 1 aliphatic rings. The van der Waals surface area contributed by atoms with Crippen LogP contribution in [0.1, 0.15) is 0 Å². The predicted molar refractivity (Wildman–Crippen MR) is 100 cm³/mol. The first-order valence-electron chi connectivity index (χ1n) is 8.76. The zero-order valence-electron chi connectivity index (χ0n) is 14.6. The molecule has 3 aromatic rings. The summed E-state index contributed by atoms with van der Waals surface area (Å²) < 4.78 is 33.4. The molecule has 2 heterocycles. The van der Waals surface area contributed by atoms with Crippen LogP contribution in [0.2, 0.25) is 0 Å². The highest BCUT2D eigenvalue weighted by Gasteiger charge is 2.22. The Morgan fingerprint density at radius 2 is 1.56 bits per heavy atom. The molecule has 0 atom stereocenters. The fourth-order valence-electron chi connectivity index (χ4n) is 3.22. The Bertz CT molecular complexity index is 961. The van der Waals surface area contributed by atoms with Crippen LogP contribution in [-0.4, -0.2) is 36.0 Å². The van der Waals surface area contributed by atoms with Crippen molar-refractivity contribution < 1.29 is 18.1 Å². The number of halogens is 2. The lowest BCUT2D eigenvalue weighted by molar-refractivity contribution is -0.924. The lowest BCUT2D eigenvalue weighted by Gasteiger charge is -2.33. The highest BCUT2D eigenvalue weighted by Crippen LogP contribution is 2.18. The molecular formula is C19H19F2N4OS+. The number of anilines is 1. The normalized spacial score (nSPS) is 15.3. The number of rotatable bonds is 4. The topological polar surface area (TPSA) is 38.6 Å². The molecule has 0 spiro atoms. The Balaban J connectivity index is 1.40. The molecule has 140 valence electrons. The lowest BCUT2D eigenvalue weighted by atomic mass is 10.2. The minimum Gasteiger partial charge on any atom is -0.409 e. The Morgan fingerprint density at radius 1 is 0.963 bits per heavy atom. The van der Waals surface area contributed by atoms with E-state index in [4.69, 9.17) is 16.6 Å². The second kappa shape index (κ2) is 7.58. The Labute approximate surface area is 160 Å². The molecule has 0 saturated carbocycles. The van der Waals surface area contributed by atoms with Crippen LogP contribution in [-0.2, 0) is 6.67 Å². The van der Waals surface area contributed by atoms with E-state index in [1.807, 2.05) is 12.1 Å². The van der Waals surface area contributed by atoms with Crippen molar-refractivity contribution in [1.29, 1.82) is 0 Å². The van der Waals surface area contributed by atoms with Crippen molar-refractivity contribution >= 4 is 17.9 Å². The largest absolute Gasteiger partial charge is 0.409 e. The Morgan fingerprint density at radius 3 is 2.19 bits per heavy atom. The van der Waals surface area contributed by atoms with Crippen LogP contribution in [0.3, 0.4) is 0 Å². The van der Waals surface area contributed by atoms with E-state index in [2.05, 4.69) is 10.00 Å². The minimum atomic E-state index is -0.305. The maximum atomic E-state index is 13.1. The average molecular weight is 389 g/mol.